The Balaban J connectivity index is 1.79. The molecule has 9 nitrogen and oxygen atoms in total. The maximum Gasteiger partial charge on any atom is 0.338 e. The van der Waals surface area contributed by atoms with Gasteiger partial charge in [-0.25, -0.2) is 9.79 Å². The van der Waals surface area contributed by atoms with Crippen molar-refractivity contribution in [2.24, 2.45) is 4.99 Å². The van der Waals surface area contributed by atoms with Gasteiger partial charge in [0.15, 0.2) is 22.9 Å². The summed E-state index contributed by atoms with van der Waals surface area (Å²) in [5.74, 6) is 0.891. The van der Waals surface area contributed by atoms with Gasteiger partial charge in [-0.05, 0) is 43.7 Å². The smallest absolute Gasteiger partial charge is 0.338 e. The Kier molecular flexibility index (Phi) is 9.03. The van der Waals surface area contributed by atoms with Crippen molar-refractivity contribution < 1.29 is 23.7 Å². The highest BCUT2D eigenvalue weighted by Crippen LogP contribution is 2.36. The number of fused-ring (bicyclic) bond motifs is 1. The number of thiazole rings is 1. The van der Waals surface area contributed by atoms with E-state index in [1.807, 2.05) is 67.6 Å². The Morgan fingerprint density at radius 2 is 1.79 bits per heavy atom. The van der Waals surface area contributed by atoms with Crippen LogP contribution < -0.4 is 29.1 Å². The molecule has 4 aromatic rings. The second-order valence-corrected chi connectivity index (χ2v) is 10.3. The average molecular weight is 596 g/mol. The normalized spacial score (nSPS) is 14.4. The molecule has 218 valence electrons. The average Bonchev–Trinajstić information content (AvgIpc) is 3.34. The van der Waals surface area contributed by atoms with E-state index in [0.29, 0.717) is 50.0 Å². The minimum Gasteiger partial charge on any atom is -0.494 e. The molecule has 43 heavy (non-hydrogen) atoms. The summed E-state index contributed by atoms with van der Waals surface area (Å²) in [5.41, 5.74) is 2.33. The van der Waals surface area contributed by atoms with Gasteiger partial charge in [0.05, 0.1) is 42.2 Å². The van der Waals surface area contributed by atoms with Crippen LogP contribution in [0.5, 0.6) is 17.2 Å². The quantitative estimate of drug-likeness (QED) is 0.252. The van der Waals surface area contributed by atoms with Crippen molar-refractivity contribution in [1.29, 1.82) is 5.26 Å². The summed E-state index contributed by atoms with van der Waals surface area (Å²) in [6.45, 7) is 4.11. The Morgan fingerprint density at radius 1 is 1.02 bits per heavy atom. The minimum atomic E-state index is -0.817. The first-order chi connectivity index (χ1) is 21.0. The van der Waals surface area contributed by atoms with Crippen molar-refractivity contribution in [1.82, 2.24) is 4.57 Å². The molecule has 0 bridgehead atoms. The lowest BCUT2D eigenvalue weighted by Gasteiger charge is -2.26. The maximum atomic E-state index is 14.2. The zero-order chi connectivity index (χ0) is 30.3. The zero-order valence-electron chi connectivity index (χ0n) is 23.9. The maximum absolute atomic E-state index is 14.2. The molecule has 0 N–H and O–H groups in total. The fourth-order valence-electron chi connectivity index (χ4n) is 4.88. The summed E-state index contributed by atoms with van der Waals surface area (Å²) in [7, 11) is 1.51. The van der Waals surface area contributed by atoms with Crippen LogP contribution in [-0.4, -0.2) is 37.5 Å². The number of nitrogens with zero attached hydrogens (tertiary/aromatic N) is 3. The van der Waals surface area contributed by atoms with Crippen LogP contribution in [0.3, 0.4) is 0 Å². The fraction of sp³-hybridized carbons (Fsp3) is 0.212. The molecule has 1 atom stereocenters. The highest BCUT2D eigenvalue weighted by molar-refractivity contribution is 7.07. The first-order valence-electron chi connectivity index (χ1n) is 13.7. The summed E-state index contributed by atoms with van der Waals surface area (Å²) >= 11 is 1.19. The summed E-state index contributed by atoms with van der Waals surface area (Å²) in [6, 6.07) is 23.1. The Bertz CT molecular complexity index is 1890. The molecule has 1 aromatic heterocycles. The third-order valence-electron chi connectivity index (χ3n) is 6.68. The number of hydrogen-bond donors (Lipinski definition) is 0. The topological polar surface area (TPSA) is 112 Å². The molecule has 3 aromatic carbocycles. The van der Waals surface area contributed by atoms with E-state index in [1.165, 1.54) is 23.0 Å². The number of carbonyl (C=O) groups excluding carboxylic acids is 1. The van der Waals surface area contributed by atoms with Crippen LogP contribution in [-0.2, 0) is 9.53 Å². The van der Waals surface area contributed by atoms with E-state index in [-0.39, 0.29) is 24.3 Å². The third-order valence-corrected chi connectivity index (χ3v) is 7.66. The second kappa shape index (κ2) is 13.2. The molecule has 0 saturated carbocycles. The molecule has 0 aliphatic carbocycles. The molecule has 10 heteroatoms. The van der Waals surface area contributed by atoms with Gasteiger partial charge in [0.1, 0.15) is 11.8 Å². The van der Waals surface area contributed by atoms with Gasteiger partial charge < -0.3 is 18.9 Å². The standard InChI is InChI=1S/C33H29N3O6S/c1-4-40-24-16-14-22(15-17-24)29-27(32(38)41-5-2)28(21-10-7-6-8-11-21)35-33-36(29)31(37)26(43-33)20-23-12-9-13-25(39-3)30(23)42-19-18-34/h6-17,20,29H,4-5,19H2,1-3H3/b26-20-/t29-/m1/s1. The van der Waals surface area contributed by atoms with Crippen LogP contribution in [0.4, 0.5) is 0 Å². The number of rotatable bonds is 10. The number of hydrogen-bond acceptors (Lipinski definition) is 9. The van der Waals surface area contributed by atoms with Crippen molar-refractivity contribution >= 4 is 29.1 Å². The van der Waals surface area contributed by atoms with Crippen LogP contribution in [0, 0.1) is 11.3 Å². The van der Waals surface area contributed by atoms with Gasteiger partial charge in [0.25, 0.3) is 5.56 Å². The van der Waals surface area contributed by atoms with Gasteiger partial charge in [-0.2, -0.15) is 5.26 Å². The van der Waals surface area contributed by atoms with Crippen LogP contribution in [0.2, 0.25) is 0 Å². The summed E-state index contributed by atoms with van der Waals surface area (Å²) in [6.07, 6.45) is 1.69. The van der Waals surface area contributed by atoms with Gasteiger partial charge in [0.2, 0.25) is 0 Å². The minimum absolute atomic E-state index is 0.159. The number of nitriles is 1. The van der Waals surface area contributed by atoms with Crippen molar-refractivity contribution in [3.05, 3.63) is 115 Å². The van der Waals surface area contributed by atoms with Crippen LogP contribution >= 0.6 is 11.3 Å². The summed E-state index contributed by atoms with van der Waals surface area (Å²) < 4.78 is 24.2. The zero-order valence-corrected chi connectivity index (χ0v) is 24.7. The second-order valence-electron chi connectivity index (χ2n) is 9.26. The highest BCUT2D eigenvalue weighted by atomic mass is 32.1. The van der Waals surface area contributed by atoms with Crippen molar-refractivity contribution in [2.45, 2.75) is 19.9 Å². The molecule has 0 amide bonds. The number of aromatic nitrogens is 1. The predicted octanol–water partition coefficient (Wildman–Crippen LogP) is 4.25. The first kappa shape index (κ1) is 29.4. The lowest BCUT2D eigenvalue weighted by molar-refractivity contribution is -0.138. The van der Waals surface area contributed by atoms with E-state index < -0.39 is 12.0 Å². The molecular formula is C33H29N3O6S. The molecule has 0 spiro atoms. The molecule has 1 aliphatic heterocycles. The van der Waals surface area contributed by atoms with E-state index >= 15 is 0 Å². The first-order valence-corrected chi connectivity index (χ1v) is 14.5. The molecule has 0 unspecified atom stereocenters. The van der Waals surface area contributed by atoms with Crippen LogP contribution in [0.1, 0.15) is 36.6 Å². The van der Waals surface area contributed by atoms with Gasteiger partial charge in [-0.1, -0.05) is 65.9 Å². The van der Waals surface area contributed by atoms with Gasteiger partial charge >= 0.3 is 5.97 Å². The van der Waals surface area contributed by atoms with Crippen LogP contribution in [0.25, 0.3) is 11.8 Å². The van der Waals surface area contributed by atoms with E-state index in [1.54, 1.807) is 31.2 Å². The molecule has 5 rings (SSSR count). The van der Waals surface area contributed by atoms with Crippen molar-refractivity contribution in [3.8, 4) is 23.3 Å². The Morgan fingerprint density at radius 3 is 2.47 bits per heavy atom. The Hall–Kier alpha value is -5.14. The molecule has 0 radical (unpaired) electrons. The van der Waals surface area contributed by atoms with E-state index in [4.69, 9.17) is 29.2 Å². The molecule has 0 fully saturated rings. The fourth-order valence-corrected chi connectivity index (χ4v) is 5.87. The predicted molar refractivity (Wildman–Crippen MR) is 163 cm³/mol. The molecule has 1 aliphatic rings. The number of para-hydroxylation sites is 1. The van der Waals surface area contributed by atoms with E-state index in [2.05, 4.69) is 0 Å². The Labute approximate surface area is 252 Å². The number of ether oxygens (including phenoxy) is 4. The number of benzene rings is 3. The largest absolute Gasteiger partial charge is 0.494 e. The monoisotopic (exact) mass is 595 g/mol. The van der Waals surface area contributed by atoms with E-state index in [9.17, 15) is 9.59 Å². The number of methoxy groups -OCH3 is 1. The third kappa shape index (κ3) is 5.94. The SMILES string of the molecule is CCOC(=O)C1=C(c2ccccc2)N=c2s/c(=C\c3cccc(OC)c3OCC#N)c(=O)n2[C@@H]1c1ccc(OCC)cc1. The number of carbonyl (C=O) groups is 1. The van der Waals surface area contributed by atoms with Crippen molar-refractivity contribution in [3.63, 3.8) is 0 Å². The highest BCUT2D eigenvalue weighted by Gasteiger charge is 2.35. The summed E-state index contributed by atoms with van der Waals surface area (Å²) in [5, 5.41) is 9.10. The van der Waals surface area contributed by atoms with Gasteiger partial charge in [0, 0.05) is 11.1 Å². The lowest BCUT2D eigenvalue weighted by Crippen LogP contribution is -2.40. The van der Waals surface area contributed by atoms with Crippen LogP contribution in [0.15, 0.2) is 88.2 Å². The number of esters is 1. The van der Waals surface area contributed by atoms with Crippen molar-refractivity contribution in [2.75, 3.05) is 26.9 Å². The van der Waals surface area contributed by atoms with Gasteiger partial charge in [-0.15, -0.1) is 0 Å². The van der Waals surface area contributed by atoms with E-state index in [0.717, 1.165) is 5.56 Å². The molecule has 0 saturated heterocycles. The van der Waals surface area contributed by atoms with Gasteiger partial charge in [-0.3, -0.25) is 9.36 Å². The lowest BCUT2D eigenvalue weighted by atomic mass is 9.93. The molecular weight excluding hydrogens is 566 g/mol. The summed E-state index contributed by atoms with van der Waals surface area (Å²) in [4.78, 5) is 33.1. The molecule has 2 heterocycles.